The molecule has 0 aromatic carbocycles. The van der Waals surface area contributed by atoms with Gasteiger partial charge in [-0.25, -0.2) is 15.0 Å². The van der Waals surface area contributed by atoms with Crippen LogP contribution in [0.5, 0.6) is 0 Å². The lowest BCUT2D eigenvalue weighted by Gasteiger charge is -2.19. The molecule has 1 aliphatic rings. The number of nitrogens with zero attached hydrogens (tertiary/aromatic N) is 7. The molecule has 0 N–H and O–H groups in total. The number of fused-ring (bicyclic) bond motifs is 1. The van der Waals surface area contributed by atoms with Gasteiger partial charge in [0.1, 0.15) is 16.3 Å². The fraction of sp³-hybridized carbons (Fsp3) is 0.478. The van der Waals surface area contributed by atoms with Gasteiger partial charge in [0.25, 0.3) is 0 Å². The molecular formula is C23H29N7OS. The largest absolute Gasteiger partial charge is 0.384 e. The lowest BCUT2D eigenvalue weighted by atomic mass is 10.1. The molecule has 5 rings (SSSR count). The van der Waals surface area contributed by atoms with Gasteiger partial charge < -0.3 is 14.2 Å². The minimum Gasteiger partial charge on any atom is -0.384 e. The Labute approximate surface area is 191 Å². The predicted octanol–water partition coefficient (Wildman–Crippen LogP) is 4.32. The smallest absolute Gasteiger partial charge is 0.199 e. The fourth-order valence-corrected chi connectivity index (χ4v) is 5.56. The molecule has 5 heterocycles. The van der Waals surface area contributed by atoms with E-state index in [0.717, 1.165) is 58.5 Å². The number of thiophene rings is 1. The van der Waals surface area contributed by atoms with Crippen LogP contribution in [0.3, 0.4) is 0 Å². The van der Waals surface area contributed by atoms with E-state index in [4.69, 9.17) is 19.8 Å². The Kier molecular flexibility index (Phi) is 5.46. The number of aromatic nitrogens is 6. The molecule has 0 saturated carbocycles. The Balaban J connectivity index is 1.67. The lowest BCUT2D eigenvalue weighted by molar-refractivity contribution is 0.161. The molecule has 1 saturated heterocycles. The molecule has 168 valence electrons. The van der Waals surface area contributed by atoms with Gasteiger partial charge in [-0.3, -0.25) is 4.68 Å². The van der Waals surface area contributed by atoms with E-state index in [1.54, 1.807) is 24.6 Å². The van der Waals surface area contributed by atoms with Crippen molar-refractivity contribution < 1.29 is 4.74 Å². The Morgan fingerprint density at radius 2 is 2.09 bits per heavy atom. The average Bonchev–Trinajstić information content (AvgIpc) is 3.54. The third kappa shape index (κ3) is 3.59. The highest BCUT2D eigenvalue weighted by Gasteiger charge is 2.28. The van der Waals surface area contributed by atoms with E-state index in [1.165, 1.54) is 5.56 Å². The van der Waals surface area contributed by atoms with E-state index in [1.807, 2.05) is 28.7 Å². The number of anilines is 1. The number of aryl methyl sites for hydroxylation is 2. The van der Waals surface area contributed by atoms with Crippen molar-refractivity contribution in [3.8, 4) is 22.2 Å². The van der Waals surface area contributed by atoms with Crippen LogP contribution in [0.15, 0.2) is 24.7 Å². The van der Waals surface area contributed by atoms with Crippen molar-refractivity contribution >= 4 is 27.4 Å². The second-order valence-electron chi connectivity index (χ2n) is 8.80. The van der Waals surface area contributed by atoms with Crippen LogP contribution in [0.2, 0.25) is 0 Å². The maximum atomic E-state index is 5.42. The Hall–Kier alpha value is -2.78. The van der Waals surface area contributed by atoms with Crippen molar-refractivity contribution in [2.75, 3.05) is 31.7 Å². The first-order valence-electron chi connectivity index (χ1n) is 11.0. The quantitative estimate of drug-likeness (QED) is 0.435. The van der Waals surface area contributed by atoms with Crippen LogP contribution in [0.4, 0.5) is 5.82 Å². The molecular weight excluding hydrogens is 422 g/mol. The number of rotatable bonds is 6. The molecule has 8 nitrogen and oxygen atoms in total. The van der Waals surface area contributed by atoms with Gasteiger partial charge in [0.2, 0.25) is 0 Å². The van der Waals surface area contributed by atoms with Crippen molar-refractivity contribution in [2.45, 2.75) is 33.2 Å². The first-order chi connectivity index (χ1) is 15.5. The molecule has 0 amide bonds. The van der Waals surface area contributed by atoms with Gasteiger partial charge in [0.05, 0.1) is 16.9 Å². The van der Waals surface area contributed by atoms with E-state index in [2.05, 4.69) is 36.7 Å². The molecule has 4 aromatic heterocycles. The van der Waals surface area contributed by atoms with Gasteiger partial charge in [-0.2, -0.15) is 5.10 Å². The molecule has 1 unspecified atom stereocenters. The summed E-state index contributed by atoms with van der Waals surface area (Å²) in [5.74, 6) is 2.95. The van der Waals surface area contributed by atoms with Crippen molar-refractivity contribution in [3.63, 3.8) is 0 Å². The summed E-state index contributed by atoms with van der Waals surface area (Å²) in [4.78, 5) is 19.0. The fourth-order valence-electron chi connectivity index (χ4n) is 4.42. The number of ether oxygens (including phenoxy) is 1. The second-order valence-corrected chi connectivity index (χ2v) is 9.80. The van der Waals surface area contributed by atoms with E-state index in [9.17, 15) is 0 Å². The topological polar surface area (TPSA) is 73.9 Å². The Morgan fingerprint density at radius 1 is 1.25 bits per heavy atom. The van der Waals surface area contributed by atoms with Crippen LogP contribution in [0, 0.1) is 12.8 Å². The zero-order chi connectivity index (χ0) is 22.4. The number of imidazole rings is 1. The normalized spacial score (nSPS) is 16.7. The van der Waals surface area contributed by atoms with Crippen LogP contribution in [-0.2, 0) is 11.8 Å². The minimum atomic E-state index is 0.325. The monoisotopic (exact) mass is 451 g/mol. The van der Waals surface area contributed by atoms with Crippen LogP contribution in [-0.4, -0.2) is 56.1 Å². The van der Waals surface area contributed by atoms with Crippen molar-refractivity contribution in [3.05, 3.63) is 30.2 Å². The minimum absolute atomic E-state index is 0.325. The standard InChI is InChI=1S/C23H29N7OS/c1-14(2)30-10-7-17(27-30)19-15(3)18-21(29-9-6-16(12-29)13-31-5)25-20(26-23(18)32-19)22-24-8-11-28(22)4/h7-8,10-11,14,16H,6,9,12-13H2,1-5H3. The Bertz CT molecular complexity index is 1250. The molecule has 32 heavy (non-hydrogen) atoms. The van der Waals surface area contributed by atoms with Gasteiger partial charge in [0, 0.05) is 57.8 Å². The summed E-state index contributed by atoms with van der Waals surface area (Å²) in [7, 11) is 3.75. The molecule has 0 aliphatic carbocycles. The van der Waals surface area contributed by atoms with Crippen LogP contribution < -0.4 is 4.90 Å². The van der Waals surface area contributed by atoms with E-state index in [0.29, 0.717) is 17.8 Å². The van der Waals surface area contributed by atoms with Crippen molar-refractivity contribution in [2.24, 2.45) is 13.0 Å². The average molecular weight is 452 g/mol. The second kappa shape index (κ2) is 8.29. The van der Waals surface area contributed by atoms with Gasteiger partial charge in [-0.05, 0) is 38.8 Å². The lowest BCUT2D eigenvalue weighted by Crippen LogP contribution is -2.23. The third-order valence-electron chi connectivity index (χ3n) is 6.15. The first-order valence-corrected chi connectivity index (χ1v) is 11.9. The zero-order valence-electron chi connectivity index (χ0n) is 19.2. The summed E-state index contributed by atoms with van der Waals surface area (Å²) in [6, 6.07) is 2.42. The summed E-state index contributed by atoms with van der Waals surface area (Å²) >= 11 is 1.69. The summed E-state index contributed by atoms with van der Waals surface area (Å²) in [6.07, 6.45) is 6.87. The molecule has 0 spiro atoms. The van der Waals surface area contributed by atoms with Crippen LogP contribution >= 0.6 is 11.3 Å². The van der Waals surface area contributed by atoms with Crippen LogP contribution in [0.1, 0.15) is 31.9 Å². The molecule has 0 radical (unpaired) electrons. The number of hydrogen-bond acceptors (Lipinski definition) is 7. The predicted molar refractivity (Wildman–Crippen MR) is 128 cm³/mol. The number of hydrogen-bond donors (Lipinski definition) is 0. The highest BCUT2D eigenvalue weighted by Crippen LogP contribution is 2.42. The van der Waals surface area contributed by atoms with Gasteiger partial charge in [0.15, 0.2) is 11.6 Å². The van der Waals surface area contributed by atoms with E-state index >= 15 is 0 Å². The highest BCUT2D eigenvalue weighted by atomic mass is 32.1. The van der Waals surface area contributed by atoms with Gasteiger partial charge >= 0.3 is 0 Å². The summed E-state index contributed by atoms with van der Waals surface area (Å²) in [6.45, 7) is 9.12. The highest BCUT2D eigenvalue weighted by molar-refractivity contribution is 7.22. The van der Waals surface area contributed by atoms with E-state index in [-0.39, 0.29) is 0 Å². The molecule has 0 bridgehead atoms. The first kappa shape index (κ1) is 21.1. The maximum Gasteiger partial charge on any atom is 0.199 e. The Morgan fingerprint density at radius 3 is 2.78 bits per heavy atom. The molecule has 4 aromatic rings. The van der Waals surface area contributed by atoms with Gasteiger partial charge in [-0.15, -0.1) is 11.3 Å². The molecule has 1 fully saturated rings. The summed E-state index contributed by atoms with van der Waals surface area (Å²) in [5.41, 5.74) is 2.18. The number of methoxy groups -OCH3 is 1. The summed E-state index contributed by atoms with van der Waals surface area (Å²) < 4.78 is 9.39. The molecule has 1 aliphatic heterocycles. The van der Waals surface area contributed by atoms with Crippen molar-refractivity contribution in [1.82, 2.24) is 29.3 Å². The third-order valence-corrected chi connectivity index (χ3v) is 7.36. The zero-order valence-corrected chi connectivity index (χ0v) is 20.1. The molecule has 9 heteroatoms. The van der Waals surface area contributed by atoms with Crippen LogP contribution in [0.25, 0.3) is 32.4 Å². The maximum absolute atomic E-state index is 5.42. The summed E-state index contributed by atoms with van der Waals surface area (Å²) in [5, 5.41) is 5.94. The SMILES string of the molecule is COCC1CCN(c2nc(-c3nccn3C)nc3sc(-c4ccn(C(C)C)n4)c(C)c23)C1. The molecule has 1 atom stereocenters. The van der Waals surface area contributed by atoms with E-state index < -0.39 is 0 Å². The van der Waals surface area contributed by atoms with Gasteiger partial charge in [-0.1, -0.05) is 0 Å². The van der Waals surface area contributed by atoms with Crippen molar-refractivity contribution in [1.29, 1.82) is 0 Å².